The number of hydrogen-bond acceptors (Lipinski definition) is 5. The van der Waals surface area contributed by atoms with Crippen LogP contribution in [0, 0.1) is 0 Å². The molecule has 0 saturated carbocycles. The van der Waals surface area contributed by atoms with Gasteiger partial charge in [0.05, 0.1) is 33.9 Å². The first-order chi connectivity index (χ1) is 9.76. The molecular weight excluding hydrogens is 256 g/mol. The van der Waals surface area contributed by atoms with Crippen molar-refractivity contribution in [2.45, 2.75) is 13.5 Å². The number of methoxy groups -OCH3 is 2. The highest BCUT2D eigenvalue weighted by atomic mass is 16.5. The fourth-order valence-corrected chi connectivity index (χ4v) is 2.25. The Labute approximate surface area is 120 Å². The van der Waals surface area contributed by atoms with Crippen LogP contribution in [-0.2, 0) is 11.3 Å². The molecule has 0 amide bonds. The molecule has 1 aromatic carbocycles. The average Bonchev–Trinajstić information content (AvgIpc) is 2.48. The fraction of sp³-hybridized carbons (Fsp3) is 0.533. The molecule has 0 saturated heterocycles. The summed E-state index contributed by atoms with van der Waals surface area (Å²) in [5.41, 5.74) is 1.14. The van der Waals surface area contributed by atoms with Crippen LogP contribution in [0.2, 0.25) is 0 Å². The van der Waals surface area contributed by atoms with E-state index in [-0.39, 0.29) is 0 Å². The van der Waals surface area contributed by atoms with Crippen LogP contribution in [0.1, 0.15) is 12.5 Å². The molecule has 1 aliphatic rings. The minimum atomic E-state index is 0.665. The number of benzene rings is 1. The van der Waals surface area contributed by atoms with Crippen molar-refractivity contribution < 1.29 is 14.2 Å². The molecule has 1 aromatic rings. The molecule has 2 rings (SSSR count). The fourth-order valence-electron chi connectivity index (χ4n) is 2.25. The molecule has 5 heteroatoms. The van der Waals surface area contributed by atoms with Gasteiger partial charge in [0.25, 0.3) is 0 Å². The van der Waals surface area contributed by atoms with E-state index in [0.29, 0.717) is 6.61 Å². The molecule has 0 fully saturated rings. The highest BCUT2D eigenvalue weighted by Gasteiger charge is 2.17. The Balaban J connectivity index is 2.04. The van der Waals surface area contributed by atoms with Gasteiger partial charge in [0.2, 0.25) is 0 Å². The van der Waals surface area contributed by atoms with Crippen LogP contribution < -0.4 is 9.47 Å². The Morgan fingerprint density at radius 2 is 2.10 bits per heavy atom. The quantitative estimate of drug-likeness (QED) is 0.826. The van der Waals surface area contributed by atoms with E-state index in [9.17, 15) is 0 Å². The smallest absolute Gasteiger partial charge is 0.197 e. The lowest BCUT2D eigenvalue weighted by molar-refractivity contribution is 0.241. The molecule has 5 nitrogen and oxygen atoms in total. The Hall–Kier alpha value is -1.75. The Morgan fingerprint density at radius 1 is 1.25 bits per heavy atom. The van der Waals surface area contributed by atoms with Crippen molar-refractivity contribution in [3.8, 4) is 11.5 Å². The SMILES string of the molecule is CCOC1=NCCN(Cc2ccc(OC)cc2OC)C1. The van der Waals surface area contributed by atoms with Gasteiger partial charge in [-0.05, 0) is 13.0 Å². The second kappa shape index (κ2) is 7.14. The van der Waals surface area contributed by atoms with Crippen LogP contribution in [0.25, 0.3) is 0 Å². The zero-order valence-corrected chi connectivity index (χ0v) is 12.4. The normalized spacial score (nSPS) is 15.7. The van der Waals surface area contributed by atoms with E-state index in [1.54, 1.807) is 14.2 Å². The van der Waals surface area contributed by atoms with Gasteiger partial charge < -0.3 is 14.2 Å². The van der Waals surface area contributed by atoms with Gasteiger partial charge in [-0.25, -0.2) is 0 Å². The second-order valence-electron chi connectivity index (χ2n) is 4.60. The molecule has 0 bridgehead atoms. The summed E-state index contributed by atoms with van der Waals surface area (Å²) in [4.78, 5) is 6.69. The molecule has 0 atom stereocenters. The Bertz CT molecular complexity index is 474. The van der Waals surface area contributed by atoms with Crippen LogP contribution in [0.3, 0.4) is 0 Å². The van der Waals surface area contributed by atoms with Gasteiger partial charge in [0, 0.05) is 24.7 Å². The Kier molecular flexibility index (Phi) is 5.24. The molecule has 0 spiro atoms. The van der Waals surface area contributed by atoms with Crippen molar-refractivity contribution in [2.24, 2.45) is 4.99 Å². The van der Waals surface area contributed by atoms with E-state index >= 15 is 0 Å². The third-order valence-electron chi connectivity index (χ3n) is 3.26. The molecule has 0 aliphatic carbocycles. The summed E-state index contributed by atoms with van der Waals surface area (Å²) < 4.78 is 16.2. The van der Waals surface area contributed by atoms with Crippen LogP contribution in [-0.4, -0.2) is 51.3 Å². The molecule has 0 unspecified atom stereocenters. The monoisotopic (exact) mass is 278 g/mol. The summed E-state index contributed by atoms with van der Waals surface area (Å²) in [5, 5.41) is 0. The van der Waals surface area contributed by atoms with E-state index in [1.807, 2.05) is 25.1 Å². The summed E-state index contributed by atoms with van der Waals surface area (Å²) in [6.07, 6.45) is 0. The number of aliphatic imine (C=N–C) groups is 1. The summed E-state index contributed by atoms with van der Waals surface area (Å²) in [5.74, 6) is 2.48. The molecule has 20 heavy (non-hydrogen) atoms. The van der Waals surface area contributed by atoms with Crippen LogP contribution in [0.4, 0.5) is 0 Å². The van der Waals surface area contributed by atoms with Gasteiger partial charge in [-0.2, -0.15) is 0 Å². The number of nitrogens with zero attached hydrogens (tertiary/aromatic N) is 2. The predicted molar refractivity (Wildman–Crippen MR) is 78.8 cm³/mol. The van der Waals surface area contributed by atoms with Gasteiger partial charge in [-0.1, -0.05) is 6.07 Å². The highest BCUT2D eigenvalue weighted by Crippen LogP contribution is 2.25. The maximum atomic E-state index is 5.50. The molecule has 110 valence electrons. The maximum Gasteiger partial charge on any atom is 0.197 e. The first-order valence-corrected chi connectivity index (χ1v) is 6.86. The standard InChI is InChI=1S/C15H22N2O3/c1-4-20-15-11-17(8-7-16-15)10-12-5-6-13(18-2)9-14(12)19-3/h5-6,9H,4,7-8,10-11H2,1-3H3. The molecule has 1 heterocycles. The summed E-state index contributed by atoms with van der Waals surface area (Å²) in [6.45, 7) is 5.94. The minimum Gasteiger partial charge on any atom is -0.497 e. The first kappa shape index (κ1) is 14.7. The van der Waals surface area contributed by atoms with Crippen molar-refractivity contribution in [1.82, 2.24) is 4.90 Å². The average molecular weight is 278 g/mol. The van der Waals surface area contributed by atoms with Crippen molar-refractivity contribution in [1.29, 1.82) is 0 Å². The van der Waals surface area contributed by atoms with Crippen molar-refractivity contribution >= 4 is 5.90 Å². The zero-order valence-electron chi connectivity index (χ0n) is 12.4. The van der Waals surface area contributed by atoms with Crippen molar-refractivity contribution in [3.05, 3.63) is 23.8 Å². The van der Waals surface area contributed by atoms with E-state index in [0.717, 1.165) is 49.1 Å². The lowest BCUT2D eigenvalue weighted by Crippen LogP contribution is -2.37. The molecule has 1 aliphatic heterocycles. The number of rotatable bonds is 5. The summed E-state index contributed by atoms with van der Waals surface area (Å²) in [6, 6.07) is 5.92. The molecule has 0 radical (unpaired) electrons. The van der Waals surface area contributed by atoms with Crippen molar-refractivity contribution in [3.63, 3.8) is 0 Å². The van der Waals surface area contributed by atoms with Crippen LogP contribution in [0.5, 0.6) is 11.5 Å². The summed E-state index contributed by atoms with van der Waals surface area (Å²) in [7, 11) is 3.34. The molecular formula is C15H22N2O3. The third-order valence-corrected chi connectivity index (χ3v) is 3.26. The van der Waals surface area contributed by atoms with E-state index in [2.05, 4.69) is 9.89 Å². The second-order valence-corrected chi connectivity index (χ2v) is 4.60. The van der Waals surface area contributed by atoms with Gasteiger partial charge in [-0.15, -0.1) is 0 Å². The number of ether oxygens (including phenoxy) is 3. The van der Waals surface area contributed by atoms with Gasteiger partial charge in [-0.3, -0.25) is 9.89 Å². The lowest BCUT2D eigenvalue weighted by Gasteiger charge is -2.26. The topological polar surface area (TPSA) is 43.3 Å². The zero-order chi connectivity index (χ0) is 14.4. The predicted octanol–water partition coefficient (Wildman–Crippen LogP) is 1.95. The maximum absolute atomic E-state index is 5.50. The van der Waals surface area contributed by atoms with E-state index in [1.165, 1.54) is 0 Å². The van der Waals surface area contributed by atoms with Gasteiger partial charge in [0.15, 0.2) is 5.90 Å². The number of hydrogen-bond donors (Lipinski definition) is 0. The highest BCUT2D eigenvalue weighted by molar-refractivity contribution is 5.78. The largest absolute Gasteiger partial charge is 0.497 e. The van der Waals surface area contributed by atoms with Crippen LogP contribution in [0.15, 0.2) is 23.2 Å². The molecule has 0 aromatic heterocycles. The van der Waals surface area contributed by atoms with E-state index < -0.39 is 0 Å². The molecule has 0 N–H and O–H groups in total. The lowest BCUT2D eigenvalue weighted by atomic mass is 10.1. The first-order valence-electron chi connectivity index (χ1n) is 6.86. The summed E-state index contributed by atoms with van der Waals surface area (Å²) >= 11 is 0. The van der Waals surface area contributed by atoms with Gasteiger partial charge >= 0.3 is 0 Å². The minimum absolute atomic E-state index is 0.665. The van der Waals surface area contributed by atoms with Gasteiger partial charge in [0.1, 0.15) is 11.5 Å². The van der Waals surface area contributed by atoms with Crippen molar-refractivity contribution in [2.75, 3.05) is 40.5 Å². The third kappa shape index (κ3) is 3.63. The van der Waals surface area contributed by atoms with Crippen LogP contribution >= 0.6 is 0 Å². The van der Waals surface area contributed by atoms with E-state index in [4.69, 9.17) is 14.2 Å². The Morgan fingerprint density at radius 3 is 2.80 bits per heavy atom.